The summed E-state index contributed by atoms with van der Waals surface area (Å²) >= 11 is 0. The van der Waals surface area contributed by atoms with Gasteiger partial charge in [0.15, 0.2) is 0 Å². The fourth-order valence-corrected chi connectivity index (χ4v) is 2.52. The van der Waals surface area contributed by atoms with Crippen molar-refractivity contribution in [2.75, 3.05) is 25.1 Å². The van der Waals surface area contributed by atoms with Crippen LogP contribution in [0.2, 0.25) is 0 Å². The van der Waals surface area contributed by atoms with Crippen LogP contribution in [0.25, 0.3) is 0 Å². The van der Waals surface area contributed by atoms with E-state index in [4.69, 9.17) is 16.2 Å². The number of carbonyl (C=O) groups is 1. The molecule has 0 unspecified atom stereocenters. The van der Waals surface area contributed by atoms with Gasteiger partial charge in [-0.25, -0.2) is 0 Å². The Morgan fingerprint density at radius 2 is 1.85 bits per heavy atom. The van der Waals surface area contributed by atoms with Crippen LogP contribution in [-0.2, 0) is 16.1 Å². The van der Waals surface area contributed by atoms with Crippen LogP contribution in [-0.4, -0.2) is 45.5 Å². The van der Waals surface area contributed by atoms with E-state index in [0.717, 1.165) is 12.8 Å². The number of ether oxygens (including phenoxy) is 1. The molecule has 1 heterocycles. The van der Waals surface area contributed by atoms with Crippen molar-refractivity contribution in [2.24, 2.45) is 0 Å². The highest BCUT2D eigenvalue weighted by atomic mass is 16.5. The van der Waals surface area contributed by atoms with Crippen molar-refractivity contribution in [2.45, 2.75) is 38.3 Å². The molecule has 8 heteroatoms. The third-order valence-electron chi connectivity index (χ3n) is 3.46. The Labute approximate surface area is 117 Å². The molecule has 0 aromatic carbocycles. The molecule has 2 rings (SSSR count). The van der Waals surface area contributed by atoms with E-state index in [-0.39, 0.29) is 24.4 Å². The van der Waals surface area contributed by atoms with E-state index in [2.05, 4.69) is 15.0 Å². The standard InChI is InChI=1S/C12H20N6O2/c1-20-10(19)7-18(8-4-2-3-5-8)6-9-15-11(13)17-12(14)16-9/h8H,2-7H2,1H3,(H4,13,14,15,16,17). The van der Waals surface area contributed by atoms with E-state index in [1.165, 1.54) is 20.0 Å². The van der Waals surface area contributed by atoms with Crippen molar-refractivity contribution < 1.29 is 9.53 Å². The third kappa shape index (κ3) is 3.77. The van der Waals surface area contributed by atoms with E-state index in [9.17, 15) is 4.79 Å². The summed E-state index contributed by atoms with van der Waals surface area (Å²) in [5.41, 5.74) is 11.1. The summed E-state index contributed by atoms with van der Waals surface area (Å²) in [6, 6.07) is 0.341. The minimum absolute atomic E-state index is 0.0944. The van der Waals surface area contributed by atoms with Crippen molar-refractivity contribution in [1.29, 1.82) is 0 Å². The van der Waals surface area contributed by atoms with Gasteiger partial charge in [-0.3, -0.25) is 9.69 Å². The first-order valence-corrected chi connectivity index (χ1v) is 6.65. The van der Waals surface area contributed by atoms with Crippen LogP contribution < -0.4 is 11.5 Å². The average Bonchev–Trinajstić information content (AvgIpc) is 2.90. The maximum absolute atomic E-state index is 11.5. The molecule has 1 aromatic heterocycles. The number of esters is 1. The normalized spacial score (nSPS) is 15.7. The van der Waals surface area contributed by atoms with Gasteiger partial charge in [-0.2, -0.15) is 15.0 Å². The fourth-order valence-electron chi connectivity index (χ4n) is 2.52. The van der Waals surface area contributed by atoms with E-state index in [1.54, 1.807) is 0 Å². The summed E-state index contributed by atoms with van der Waals surface area (Å²) in [6.07, 6.45) is 4.47. The molecular weight excluding hydrogens is 260 g/mol. The number of nitrogen functional groups attached to an aromatic ring is 2. The number of hydrogen-bond acceptors (Lipinski definition) is 8. The van der Waals surface area contributed by atoms with E-state index in [1.807, 2.05) is 4.90 Å². The molecular formula is C12H20N6O2. The molecule has 20 heavy (non-hydrogen) atoms. The van der Waals surface area contributed by atoms with Gasteiger partial charge < -0.3 is 16.2 Å². The Morgan fingerprint density at radius 3 is 2.40 bits per heavy atom. The van der Waals surface area contributed by atoms with Gasteiger partial charge in [0.25, 0.3) is 0 Å². The van der Waals surface area contributed by atoms with Crippen LogP contribution >= 0.6 is 0 Å². The maximum atomic E-state index is 11.5. The maximum Gasteiger partial charge on any atom is 0.319 e. The monoisotopic (exact) mass is 280 g/mol. The fraction of sp³-hybridized carbons (Fsp3) is 0.667. The van der Waals surface area contributed by atoms with Crippen molar-refractivity contribution in [3.8, 4) is 0 Å². The number of anilines is 2. The van der Waals surface area contributed by atoms with Crippen molar-refractivity contribution in [3.05, 3.63) is 5.82 Å². The predicted molar refractivity (Wildman–Crippen MR) is 73.3 cm³/mol. The highest BCUT2D eigenvalue weighted by molar-refractivity contribution is 5.71. The molecule has 0 atom stereocenters. The smallest absolute Gasteiger partial charge is 0.319 e. The van der Waals surface area contributed by atoms with Crippen LogP contribution in [0.3, 0.4) is 0 Å². The molecule has 1 aliphatic rings. The van der Waals surface area contributed by atoms with Crippen LogP contribution in [0, 0.1) is 0 Å². The highest BCUT2D eigenvalue weighted by Gasteiger charge is 2.25. The molecule has 1 saturated carbocycles. The zero-order valence-corrected chi connectivity index (χ0v) is 11.6. The lowest BCUT2D eigenvalue weighted by Gasteiger charge is -2.26. The molecule has 0 aliphatic heterocycles. The Bertz CT molecular complexity index is 455. The van der Waals surface area contributed by atoms with Gasteiger partial charge in [-0.15, -0.1) is 0 Å². The number of methoxy groups -OCH3 is 1. The molecule has 1 aromatic rings. The zero-order chi connectivity index (χ0) is 14.5. The summed E-state index contributed by atoms with van der Waals surface area (Å²) < 4.78 is 4.74. The van der Waals surface area contributed by atoms with Gasteiger partial charge in [0.1, 0.15) is 5.82 Å². The van der Waals surface area contributed by atoms with Gasteiger partial charge in [-0.05, 0) is 12.8 Å². The van der Waals surface area contributed by atoms with Crippen LogP contribution in [0.5, 0.6) is 0 Å². The first-order valence-electron chi connectivity index (χ1n) is 6.65. The summed E-state index contributed by atoms with van der Waals surface area (Å²) in [5, 5.41) is 0. The van der Waals surface area contributed by atoms with Gasteiger partial charge in [-0.1, -0.05) is 12.8 Å². The number of rotatable bonds is 5. The Kier molecular flexibility index (Phi) is 4.67. The van der Waals surface area contributed by atoms with Crippen LogP contribution in [0.1, 0.15) is 31.5 Å². The van der Waals surface area contributed by atoms with Crippen LogP contribution in [0.15, 0.2) is 0 Å². The van der Waals surface area contributed by atoms with Crippen molar-refractivity contribution in [3.63, 3.8) is 0 Å². The highest BCUT2D eigenvalue weighted by Crippen LogP contribution is 2.24. The summed E-state index contributed by atoms with van der Waals surface area (Å²) in [5.74, 6) is 0.395. The molecule has 0 saturated heterocycles. The zero-order valence-electron chi connectivity index (χ0n) is 11.6. The molecule has 0 radical (unpaired) electrons. The lowest BCUT2D eigenvalue weighted by Crippen LogP contribution is -2.38. The van der Waals surface area contributed by atoms with E-state index < -0.39 is 0 Å². The Morgan fingerprint density at radius 1 is 1.25 bits per heavy atom. The Balaban J connectivity index is 2.11. The minimum Gasteiger partial charge on any atom is -0.468 e. The third-order valence-corrected chi connectivity index (χ3v) is 3.46. The van der Waals surface area contributed by atoms with Gasteiger partial charge in [0.05, 0.1) is 20.2 Å². The van der Waals surface area contributed by atoms with Crippen LogP contribution in [0.4, 0.5) is 11.9 Å². The SMILES string of the molecule is COC(=O)CN(Cc1nc(N)nc(N)n1)C1CCCC1. The number of nitrogens with zero attached hydrogens (tertiary/aromatic N) is 4. The summed E-state index contributed by atoms with van der Waals surface area (Å²) in [7, 11) is 1.38. The largest absolute Gasteiger partial charge is 0.468 e. The number of carbonyl (C=O) groups excluding carboxylic acids is 1. The van der Waals surface area contributed by atoms with Crippen molar-refractivity contribution >= 4 is 17.9 Å². The number of nitrogens with two attached hydrogens (primary N) is 2. The van der Waals surface area contributed by atoms with Gasteiger partial charge in [0, 0.05) is 6.04 Å². The summed E-state index contributed by atoms with van der Waals surface area (Å²) in [4.78, 5) is 25.4. The average molecular weight is 280 g/mol. The topological polar surface area (TPSA) is 120 Å². The predicted octanol–water partition coefficient (Wildman–Crippen LogP) is -0.0464. The first kappa shape index (κ1) is 14.4. The molecule has 0 amide bonds. The van der Waals surface area contributed by atoms with E-state index in [0.29, 0.717) is 18.4 Å². The molecule has 0 bridgehead atoms. The Hall–Kier alpha value is -1.96. The molecule has 1 aliphatic carbocycles. The second-order valence-electron chi connectivity index (χ2n) is 4.89. The van der Waals surface area contributed by atoms with Gasteiger partial charge >= 0.3 is 5.97 Å². The van der Waals surface area contributed by atoms with Gasteiger partial charge in [0.2, 0.25) is 11.9 Å². The van der Waals surface area contributed by atoms with Crippen molar-refractivity contribution in [1.82, 2.24) is 19.9 Å². The number of hydrogen-bond donors (Lipinski definition) is 2. The number of aromatic nitrogens is 3. The molecule has 110 valence electrons. The molecule has 1 fully saturated rings. The minimum atomic E-state index is -0.271. The van der Waals surface area contributed by atoms with E-state index >= 15 is 0 Å². The molecule has 8 nitrogen and oxygen atoms in total. The summed E-state index contributed by atoms with van der Waals surface area (Å²) in [6.45, 7) is 0.628. The lowest BCUT2D eigenvalue weighted by molar-refractivity contribution is -0.142. The molecule has 4 N–H and O–H groups in total. The lowest BCUT2D eigenvalue weighted by atomic mass is 10.2. The second-order valence-corrected chi connectivity index (χ2v) is 4.89. The quantitative estimate of drug-likeness (QED) is 0.720. The molecule has 0 spiro atoms. The second kappa shape index (κ2) is 6.47. The first-order chi connectivity index (χ1) is 9.58.